The summed E-state index contributed by atoms with van der Waals surface area (Å²) in [5.74, 6) is 2.74. The molecular weight excluding hydrogens is 188 g/mol. The highest BCUT2D eigenvalue weighted by Gasteiger charge is 2.19. The first kappa shape index (κ1) is 12.1. The van der Waals surface area contributed by atoms with Crippen molar-refractivity contribution in [1.82, 2.24) is 10.6 Å². The number of amides is 1. The van der Waals surface area contributed by atoms with E-state index in [9.17, 15) is 4.79 Å². The third-order valence-corrected chi connectivity index (χ3v) is 2.67. The minimum absolute atomic E-state index is 0.0337. The average Bonchev–Trinajstić information content (AvgIpc) is 2.30. The second kappa shape index (κ2) is 7.30. The molecule has 0 unspecified atom stereocenters. The number of hydrogen-bond acceptors (Lipinski definition) is 2. The van der Waals surface area contributed by atoms with Gasteiger partial charge in [-0.25, -0.2) is 0 Å². The zero-order valence-corrected chi connectivity index (χ0v) is 9.22. The zero-order chi connectivity index (χ0) is 10.9. The van der Waals surface area contributed by atoms with Crippen molar-refractivity contribution in [3.05, 3.63) is 0 Å². The summed E-state index contributed by atoms with van der Waals surface area (Å²) in [6.45, 7) is 1.72. The SMILES string of the molecule is C#CCCCCNC(=O)[C@@H]1CCCCN1. The topological polar surface area (TPSA) is 41.1 Å². The number of carbonyl (C=O) groups is 1. The van der Waals surface area contributed by atoms with E-state index < -0.39 is 0 Å². The monoisotopic (exact) mass is 208 g/mol. The van der Waals surface area contributed by atoms with Crippen LogP contribution in [0.1, 0.15) is 38.5 Å². The van der Waals surface area contributed by atoms with Gasteiger partial charge in [-0.05, 0) is 32.2 Å². The highest BCUT2D eigenvalue weighted by Crippen LogP contribution is 2.06. The van der Waals surface area contributed by atoms with Crippen LogP contribution in [0.3, 0.4) is 0 Å². The van der Waals surface area contributed by atoms with Gasteiger partial charge in [-0.15, -0.1) is 12.3 Å². The third kappa shape index (κ3) is 4.85. The fourth-order valence-corrected chi connectivity index (χ4v) is 1.76. The summed E-state index contributed by atoms with van der Waals surface area (Å²) in [5, 5.41) is 6.17. The quantitative estimate of drug-likeness (QED) is 0.524. The molecule has 1 saturated heterocycles. The molecule has 1 amide bonds. The Labute approximate surface area is 92.0 Å². The lowest BCUT2D eigenvalue weighted by Gasteiger charge is -2.22. The molecule has 3 nitrogen and oxygen atoms in total. The normalized spacial score (nSPS) is 20.6. The lowest BCUT2D eigenvalue weighted by Crippen LogP contribution is -2.46. The first-order valence-corrected chi connectivity index (χ1v) is 5.79. The van der Waals surface area contributed by atoms with Crippen LogP contribution in [0.15, 0.2) is 0 Å². The Morgan fingerprint density at radius 3 is 3.00 bits per heavy atom. The van der Waals surface area contributed by atoms with Crippen LogP contribution in [-0.2, 0) is 4.79 Å². The van der Waals surface area contributed by atoms with Gasteiger partial charge in [-0.1, -0.05) is 6.42 Å². The molecule has 1 heterocycles. The number of unbranched alkanes of at least 4 members (excludes halogenated alkanes) is 2. The van der Waals surface area contributed by atoms with Crippen LogP contribution in [0, 0.1) is 12.3 Å². The van der Waals surface area contributed by atoms with E-state index in [1.54, 1.807) is 0 Å². The maximum Gasteiger partial charge on any atom is 0.237 e. The summed E-state index contributed by atoms with van der Waals surface area (Å²) in [6.07, 6.45) is 11.2. The first-order valence-electron chi connectivity index (χ1n) is 5.79. The Morgan fingerprint density at radius 1 is 1.47 bits per heavy atom. The van der Waals surface area contributed by atoms with Gasteiger partial charge in [0.05, 0.1) is 6.04 Å². The second-order valence-corrected chi connectivity index (χ2v) is 3.95. The molecule has 1 aliphatic rings. The number of terminal acetylenes is 1. The van der Waals surface area contributed by atoms with Crippen LogP contribution in [0.5, 0.6) is 0 Å². The summed E-state index contributed by atoms with van der Waals surface area (Å²) >= 11 is 0. The lowest BCUT2D eigenvalue weighted by atomic mass is 10.0. The summed E-state index contributed by atoms with van der Waals surface area (Å²) in [7, 11) is 0. The van der Waals surface area contributed by atoms with Gasteiger partial charge in [0, 0.05) is 13.0 Å². The van der Waals surface area contributed by atoms with Gasteiger partial charge in [0.25, 0.3) is 0 Å². The molecule has 1 fully saturated rings. The van der Waals surface area contributed by atoms with Crippen molar-refractivity contribution in [2.24, 2.45) is 0 Å². The Kier molecular flexibility index (Phi) is 5.87. The van der Waals surface area contributed by atoms with E-state index in [1.165, 1.54) is 6.42 Å². The number of piperidine rings is 1. The Bertz CT molecular complexity index is 226. The van der Waals surface area contributed by atoms with Crippen LogP contribution in [0.2, 0.25) is 0 Å². The van der Waals surface area contributed by atoms with Gasteiger partial charge in [-0.3, -0.25) is 4.79 Å². The molecule has 15 heavy (non-hydrogen) atoms. The van der Waals surface area contributed by atoms with Crippen LogP contribution in [-0.4, -0.2) is 25.0 Å². The van der Waals surface area contributed by atoms with E-state index in [-0.39, 0.29) is 11.9 Å². The standard InChI is InChI=1S/C12H20N2O/c1-2-3-4-6-10-14-12(15)11-8-5-7-9-13-11/h1,11,13H,3-10H2,(H,14,15)/t11-/m0/s1. The van der Waals surface area contributed by atoms with Gasteiger partial charge in [0.2, 0.25) is 5.91 Å². The van der Waals surface area contributed by atoms with Crippen molar-refractivity contribution < 1.29 is 4.79 Å². The van der Waals surface area contributed by atoms with Crippen molar-refractivity contribution >= 4 is 5.91 Å². The van der Waals surface area contributed by atoms with E-state index in [4.69, 9.17) is 6.42 Å². The molecule has 0 aliphatic carbocycles. The molecule has 0 bridgehead atoms. The number of nitrogens with one attached hydrogen (secondary N) is 2. The third-order valence-electron chi connectivity index (χ3n) is 2.67. The molecule has 2 N–H and O–H groups in total. The van der Waals surface area contributed by atoms with E-state index in [1.807, 2.05) is 0 Å². The van der Waals surface area contributed by atoms with Crippen LogP contribution in [0.25, 0.3) is 0 Å². The van der Waals surface area contributed by atoms with Crippen molar-refractivity contribution in [1.29, 1.82) is 0 Å². The van der Waals surface area contributed by atoms with E-state index in [2.05, 4.69) is 16.6 Å². The highest BCUT2D eigenvalue weighted by molar-refractivity contribution is 5.81. The zero-order valence-electron chi connectivity index (χ0n) is 9.22. The molecule has 0 aromatic rings. The summed E-state index contributed by atoms with van der Waals surface area (Å²) < 4.78 is 0. The molecule has 84 valence electrons. The molecule has 0 aromatic heterocycles. The number of carbonyl (C=O) groups excluding carboxylic acids is 1. The highest BCUT2D eigenvalue weighted by atomic mass is 16.2. The van der Waals surface area contributed by atoms with Gasteiger partial charge in [-0.2, -0.15) is 0 Å². The van der Waals surface area contributed by atoms with Gasteiger partial charge in [0.1, 0.15) is 0 Å². The molecule has 0 saturated carbocycles. The second-order valence-electron chi connectivity index (χ2n) is 3.95. The molecule has 1 aliphatic heterocycles. The molecule has 3 heteroatoms. The maximum absolute atomic E-state index is 11.6. The summed E-state index contributed by atoms with van der Waals surface area (Å²) in [6, 6.07) is 0.0337. The molecule has 0 radical (unpaired) electrons. The number of rotatable bonds is 5. The predicted octanol–water partition coefficient (Wildman–Crippen LogP) is 1.05. The largest absolute Gasteiger partial charge is 0.355 e. The Hall–Kier alpha value is -1.01. The van der Waals surface area contributed by atoms with Crippen LogP contribution < -0.4 is 10.6 Å². The summed E-state index contributed by atoms with van der Waals surface area (Å²) in [5.41, 5.74) is 0. The minimum Gasteiger partial charge on any atom is -0.355 e. The minimum atomic E-state index is 0.0337. The molecule has 0 spiro atoms. The van der Waals surface area contributed by atoms with E-state index in [0.29, 0.717) is 0 Å². The Morgan fingerprint density at radius 2 is 2.33 bits per heavy atom. The fourth-order valence-electron chi connectivity index (χ4n) is 1.76. The first-order chi connectivity index (χ1) is 7.34. The average molecular weight is 208 g/mol. The lowest BCUT2D eigenvalue weighted by molar-refractivity contribution is -0.123. The molecule has 1 atom stereocenters. The van der Waals surface area contributed by atoms with Crippen molar-refractivity contribution in [3.63, 3.8) is 0 Å². The summed E-state index contributed by atoms with van der Waals surface area (Å²) in [4.78, 5) is 11.6. The van der Waals surface area contributed by atoms with Crippen LogP contribution >= 0.6 is 0 Å². The van der Waals surface area contributed by atoms with Crippen molar-refractivity contribution in [2.45, 2.75) is 44.6 Å². The van der Waals surface area contributed by atoms with Crippen molar-refractivity contribution in [2.75, 3.05) is 13.1 Å². The smallest absolute Gasteiger partial charge is 0.237 e. The maximum atomic E-state index is 11.6. The fraction of sp³-hybridized carbons (Fsp3) is 0.750. The van der Waals surface area contributed by atoms with E-state index in [0.717, 1.165) is 45.2 Å². The van der Waals surface area contributed by atoms with Crippen LogP contribution in [0.4, 0.5) is 0 Å². The van der Waals surface area contributed by atoms with Gasteiger partial charge in [0.15, 0.2) is 0 Å². The van der Waals surface area contributed by atoms with Gasteiger partial charge < -0.3 is 10.6 Å². The molecule has 1 rings (SSSR count). The predicted molar refractivity (Wildman–Crippen MR) is 61.3 cm³/mol. The van der Waals surface area contributed by atoms with E-state index >= 15 is 0 Å². The van der Waals surface area contributed by atoms with Gasteiger partial charge >= 0.3 is 0 Å². The molecule has 0 aromatic carbocycles. The molecular formula is C12H20N2O. The Balaban J connectivity index is 2.05. The number of hydrogen-bond donors (Lipinski definition) is 2. The van der Waals surface area contributed by atoms with Crippen molar-refractivity contribution in [3.8, 4) is 12.3 Å².